The molecule has 0 saturated heterocycles. The van der Waals surface area contributed by atoms with Crippen molar-refractivity contribution >= 4 is 16.9 Å². The number of hydrogen-bond acceptors (Lipinski definition) is 4. The summed E-state index contributed by atoms with van der Waals surface area (Å²) in [7, 11) is 0. The molecule has 33 heavy (non-hydrogen) atoms. The van der Waals surface area contributed by atoms with Crippen molar-refractivity contribution in [1.29, 1.82) is 0 Å². The molecule has 0 bridgehead atoms. The van der Waals surface area contributed by atoms with Gasteiger partial charge in [0.05, 0.1) is 6.54 Å². The highest BCUT2D eigenvalue weighted by Crippen LogP contribution is 2.26. The van der Waals surface area contributed by atoms with Gasteiger partial charge >= 0.3 is 5.97 Å². The summed E-state index contributed by atoms with van der Waals surface area (Å²) in [5.41, 5.74) is 5.15. The van der Waals surface area contributed by atoms with Gasteiger partial charge in [-0.2, -0.15) is 0 Å². The van der Waals surface area contributed by atoms with Crippen LogP contribution in [0.1, 0.15) is 49.3 Å². The first kappa shape index (κ1) is 22.8. The highest BCUT2D eigenvalue weighted by Gasteiger charge is 2.19. The minimum absolute atomic E-state index is 0.339. The molecule has 172 valence electrons. The lowest BCUT2D eigenvalue weighted by Crippen LogP contribution is -2.26. The highest BCUT2D eigenvalue weighted by molar-refractivity contribution is 5.81. The molecule has 1 atom stereocenters. The predicted octanol–water partition coefficient (Wildman–Crippen LogP) is 5.81. The Kier molecular flexibility index (Phi) is 6.65. The van der Waals surface area contributed by atoms with Crippen LogP contribution in [0.4, 0.5) is 0 Å². The van der Waals surface area contributed by atoms with E-state index in [1.807, 2.05) is 37.4 Å². The average molecular weight is 447 g/mol. The van der Waals surface area contributed by atoms with Gasteiger partial charge in [-0.05, 0) is 66.6 Å². The van der Waals surface area contributed by atoms with Gasteiger partial charge in [0.2, 0.25) is 5.89 Å². The van der Waals surface area contributed by atoms with Gasteiger partial charge in [0.25, 0.3) is 0 Å². The number of aryl methyl sites for hydroxylation is 1. The second kappa shape index (κ2) is 9.63. The minimum Gasteiger partial charge on any atom is -0.479 e. The van der Waals surface area contributed by atoms with Gasteiger partial charge in [-0.3, -0.25) is 0 Å². The Hall–Kier alpha value is -3.38. The van der Waals surface area contributed by atoms with E-state index in [2.05, 4.69) is 42.7 Å². The smallest absolute Gasteiger partial charge is 0.333 e. The number of carboxylic acid groups (broad SMARTS) is 1. The van der Waals surface area contributed by atoms with Crippen LogP contribution in [0.15, 0.2) is 59.1 Å². The van der Waals surface area contributed by atoms with Gasteiger partial charge in [-0.15, -0.1) is 0 Å². The van der Waals surface area contributed by atoms with E-state index in [0.717, 1.165) is 33.5 Å². The fourth-order valence-electron chi connectivity index (χ4n) is 4.02. The number of benzene rings is 2. The third-order valence-corrected chi connectivity index (χ3v) is 5.94. The Morgan fingerprint density at radius 2 is 1.91 bits per heavy atom. The Morgan fingerprint density at radius 1 is 1.15 bits per heavy atom. The van der Waals surface area contributed by atoms with E-state index in [4.69, 9.17) is 14.1 Å². The fourth-order valence-corrected chi connectivity index (χ4v) is 4.02. The SMILES string of the molecule is CCOC(Cc1ccc2c(ccn2Cc2nc(-c3ccc(C(C)C)cc3)oc2C)c1)C(=O)O. The first-order valence-electron chi connectivity index (χ1n) is 11.3. The topological polar surface area (TPSA) is 77.5 Å². The minimum atomic E-state index is -0.939. The number of rotatable bonds is 9. The summed E-state index contributed by atoms with van der Waals surface area (Å²) in [6, 6.07) is 16.4. The second-order valence-electron chi connectivity index (χ2n) is 8.62. The number of nitrogens with zero attached hydrogens (tertiary/aromatic N) is 2. The highest BCUT2D eigenvalue weighted by atomic mass is 16.5. The molecule has 1 N–H and O–H groups in total. The largest absolute Gasteiger partial charge is 0.479 e. The number of hydrogen-bond donors (Lipinski definition) is 1. The van der Waals surface area contributed by atoms with E-state index in [9.17, 15) is 9.90 Å². The number of carbonyl (C=O) groups is 1. The molecule has 6 nitrogen and oxygen atoms in total. The van der Waals surface area contributed by atoms with Gasteiger partial charge in [0, 0.05) is 30.3 Å². The average Bonchev–Trinajstić information content (AvgIpc) is 3.36. The number of carboxylic acids is 1. The molecule has 0 fully saturated rings. The van der Waals surface area contributed by atoms with Gasteiger partial charge in [-0.1, -0.05) is 32.0 Å². The molecule has 0 amide bonds. The summed E-state index contributed by atoms with van der Waals surface area (Å²) in [5, 5.41) is 10.4. The van der Waals surface area contributed by atoms with Crippen molar-refractivity contribution < 1.29 is 19.1 Å². The summed E-state index contributed by atoms with van der Waals surface area (Å²) in [4.78, 5) is 16.2. The van der Waals surface area contributed by atoms with Crippen LogP contribution in [0.2, 0.25) is 0 Å². The molecule has 0 radical (unpaired) electrons. The van der Waals surface area contributed by atoms with Crippen molar-refractivity contribution in [2.24, 2.45) is 0 Å². The number of aromatic nitrogens is 2. The fraction of sp³-hybridized carbons (Fsp3) is 0.333. The predicted molar refractivity (Wildman–Crippen MR) is 129 cm³/mol. The molecule has 0 saturated carbocycles. The zero-order valence-electron chi connectivity index (χ0n) is 19.5. The zero-order valence-corrected chi connectivity index (χ0v) is 19.5. The second-order valence-corrected chi connectivity index (χ2v) is 8.62. The maximum Gasteiger partial charge on any atom is 0.333 e. The quantitative estimate of drug-likeness (QED) is 0.351. The van der Waals surface area contributed by atoms with E-state index in [0.29, 0.717) is 31.4 Å². The zero-order chi connectivity index (χ0) is 23.5. The number of fused-ring (bicyclic) bond motifs is 1. The Morgan fingerprint density at radius 3 is 2.58 bits per heavy atom. The molecule has 1 unspecified atom stereocenters. The molecular formula is C27H30N2O4. The summed E-state index contributed by atoms with van der Waals surface area (Å²) in [5.74, 6) is 0.980. The van der Waals surface area contributed by atoms with Crippen molar-refractivity contribution in [3.8, 4) is 11.5 Å². The van der Waals surface area contributed by atoms with Crippen LogP contribution in [-0.2, 0) is 22.5 Å². The third-order valence-electron chi connectivity index (χ3n) is 5.94. The van der Waals surface area contributed by atoms with Crippen LogP contribution < -0.4 is 0 Å². The van der Waals surface area contributed by atoms with E-state index >= 15 is 0 Å². The summed E-state index contributed by atoms with van der Waals surface area (Å²) in [6.45, 7) is 9.07. The maximum absolute atomic E-state index is 11.4. The van der Waals surface area contributed by atoms with E-state index in [-0.39, 0.29) is 0 Å². The Balaban J connectivity index is 1.54. The summed E-state index contributed by atoms with van der Waals surface area (Å²) < 4.78 is 13.5. The van der Waals surface area contributed by atoms with E-state index in [1.54, 1.807) is 6.92 Å². The van der Waals surface area contributed by atoms with Gasteiger partial charge < -0.3 is 18.8 Å². The number of ether oxygens (including phenoxy) is 1. The molecule has 0 aliphatic heterocycles. The van der Waals surface area contributed by atoms with Crippen molar-refractivity contribution in [2.75, 3.05) is 6.61 Å². The summed E-state index contributed by atoms with van der Waals surface area (Å²) >= 11 is 0. The molecule has 0 spiro atoms. The molecule has 2 aromatic heterocycles. The van der Waals surface area contributed by atoms with Crippen LogP contribution in [0.3, 0.4) is 0 Å². The molecule has 6 heteroatoms. The van der Waals surface area contributed by atoms with Crippen molar-refractivity contribution in [2.45, 2.75) is 52.7 Å². The molecule has 4 aromatic rings. The van der Waals surface area contributed by atoms with Crippen LogP contribution in [0, 0.1) is 6.92 Å². The van der Waals surface area contributed by atoms with Gasteiger partial charge in [0.15, 0.2) is 6.10 Å². The molecule has 0 aliphatic carbocycles. The number of aliphatic carboxylic acids is 1. The van der Waals surface area contributed by atoms with Crippen LogP contribution in [-0.4, -0.2) is 33.3 Å². The first-order valence-corrected chi connectivity index (χ1v) is 11.3. The molecule has 0 aliphatic rings. The number of oxazole rings is 1. The summed E-state index contributed by atoms with van der Waals surface area (Å²) in [6.07, 6.45) is 1.53. The standard InChI is InChI=1S/C27H30N2O4/c1-5-32-25(27(30)31)15-19-6-11-24-22(14-19)12-13-29(24)16-23-18(4)33-26(28-23)21-9-7-20(8-10-21)17(2)3/h6-14,17,25H,5,15-16H2,1-4H3,(H,30,31). The lowest BCUT2D eigenvalue weighted by molar-refractivity contribution is -0.149. The normalized spacial score (nSPS) is 12.5. The first-order chi connectivity index (χ1) is 15.9. The van der Waals surface area contributed by atoms with Crippen molar-refractivity contribution in [1.82, 2.24) is 9.55 Å². The lowest BCUT2D eigenvalue weighted by Gasteiger charge is -2.12. The molecular weight excluding hydrogens is 416 g/mol. The van der Waals surface area contributed by atoms with E-state index < -0.39 is 12.1 Å². The lowest BCUT2D eigenvalue weighted by atomic mass is 10.0. The van der Waals surface area contributed by atoms with Crippen LogP contribution in [0.25, 0.3) is 22.4 Å². The maximum atomic E-state index is 11.4. The van der Waals surface area contributed by atoms with E-state index in [1.165, 1.54) is 5.56 Å². The van der Waals surface area contributed by atoms with Crippen LogP contribution >= 0.6 is 0 Å². The molecule has 2 aromatic carbocycles. The van der Waals surface area contributed by atoms with Crippen LogP contribution in [0.5, 0.6) is 0 Å². The van der Waals surface area contributed by atoms with Gasteiger partial charge in [-0.25, -0.2) is 9.78 Å². The van der Waals surface area contributed by atoms with Crippen molar-refractivity contribution in [3.63, 3.8) is 0 Å². The van der Waals surface area contributed by atoms with Crippen molar-refractivity contribution in [3.05, 3.63) is 77.3 Å². The Labute approximate surface area is 193 Å². The molecule has 2 heterocycles. The molecule has 4 rings (SSSR count). The third kappa shape index (κ3) is 5.01. The monoisotopic (exact) mass is 446 g/mol. The van der Waals surface area contributed by atoms with Gasteiger partial charge in [0.1, 0.15) is 11.5 Å². The Bertz CT molecular complexity index is 1250.